The summed E-state index contributed by atoms with van der Waals surface area (Å²) >= 11 is 0. The van der Waals surface area contributed by atoms with E-state index < -0.39 is 10.4 Å². The first-order valence-corrected chi connectivity index (χ1v) is 5.70. The standard InChI is InChI=1S/C6H17N2P.H2O4S/c1-6(9,7(2)3)8(4)5;1-5(2,3)4/h9H2,1-5H3;(H2,1,2,3,4). The third kappa shape index (κ3) is 10.3. The van der Waals surface area contributed by atoms with Crippen molar-refractivity contribution in [1.29, 1.82) is 0 Å². The smallest absolute Gasteiger partial charge is 0.289 e. The summed E-state index contributed by atoms with van der Waals surface area (Å²) in [4.78, 5) is 4.30. The minimum absolute atomic E-state index is 0.0833. The van der Waals surface area contributed by atoms with Gasteiger partial charge >= 0.3 is 10.4 Å². The molecule has 0 saturated heterocycles. The third-order valence-corrected chi connectivity index (χ3v) is 2.84. The molecule has 2 N–H and O–H groups in total. The van der Waals surface area contributed by atoms with Gasteiger partial charge in [0.05, 0.1) is 5.40 Å². The molecule has 0 aromatic rings. The van der Waals surface area contributed by atoms with Crippen LogP contribution in [0.3, 0.4) is 0 Å². The van der Waals surface area contributed by atoms with Gasteiger partial charge in [0.1, 0.15) is 0 Å². The molecule has 0 bridgehead atoms. The van der Waals surface area contributed by atoms with E-state index in [9.17, 15) is 0 Å². The van der Waals surface area contributed by atoms with Crippen LogP contribution in [0.5, 0.6) is 0 Å². The Morgan fingerprint density at radius 2 is 1.21 bits per heavy atom. The molecule has 88 valence electrons. The number of nitrogens with zero attached hydrogens (tertiary/aromatic N) is 2. The summed E-state index contributed by atoms with van der Waals surface area (Å²) in [6, 6.07) is 0. The summed E-state index contributed by atoms with van der Waals surface area (Å²) < 4.78 is 31.6. The predicted molar refractivity (Wildman–Crippen MR) is 59.7 cm³/mol. The number of hydrogen-bond acceptors (Lipinski definition) is 4. The van der Waals surface area contributed by atoms with E-state index in [1.807, 2.05) is 0 Å². The second-order valence-electron chi connectivity index (χ2n) is 3.33. The van der Waals surface area contributed by atoms with E-state index >= 15 is 0 Å². The lowest BCUT2D eigenvalue weighted by Crippen LogP contribution is -2.47. The molecule has 14 heavy (non-hydrogen) atoms. The molecule has 0 aliphatic carbocycles. The first-order valence-electron chi connectivity index (χ1n) is 3.72. The minimum Gasteiger partial charge on any atom is -0.289 e. The summed E-state index contributed by atoms with van der Waals surface area (Å²) in [5, 5.41) is 0.0833. The average Bonchev–Trinajstić information content (AvgIpc) is 1.82. The molecular formula is C6H19N2O4PS. The van der Waals surface area contributed by atoms with Crippen molar-refractivity contribution < 1.29 is 17.5 Å². The van der Waals surface area contributed by atoms with E-state index in [0.717, 1.165) is 0 Å². The van der Waals surface area contributed by atoms with Crippen molar-refractivity contribution in [1.82, 2.24) is 9.80 Å². The molecule has 0 fully saturated rings. The highest BCUT2D eigenvalue weighted by molar-refractivity contribution is 7.79. The highest BCUT2D eigenvalue weighted by Crippen LogP contribution is 2.21. The van der Waals surface area contributed by atoms with Gasteiger partial charge < -0.3 is 0 Å². The fourth-order valence-electron chi connectivity index (χ4n) is 0.400. The molecule has 0 radical (unpaired) electrons. The first kappa shape index (κ1) is 16.6. The molecule has 0 aliphatic heterocycles. The minimum atomic E-state index is -4.67. The van der Waals surface area contributed by atoms with Crippen LogP contribution in [0.1, 0.15) is 6.92 Å². The second-order valence-corrected chi connectivity index (χ2v) is 5.32. The van der Waals surface area contributed by atoms with E-state index in [1.54, 1.807) is 0 Å². The number of rotatable bonds is 2. The van der Waals surface area contributed by atoms with Crippen LogP contribution in [0, 0.1) is 0 Å². The Bertz CT molecular complexity index is 233. The Morgan fingerprint density at radius 3 is 1.21 bits per heavy atom. The van der Waals surface area contributed by atoms with Crippen molar-refractivity contribution in [2.24, 2.45) is 0 Å². The van der Waals surface area contributed by atoms with Gasteiger partial charge in [-0.15, -0.1) is 0 Å². The van der Waals surface area contributed by atoms with Crippen LogP contribution in [0.15, 0.2) is 0 Å². The van der Waals surface area contributed by atoms with Gasteiger partial charge in [-0.2, -0.15) is 8.42 Å². The fourth-order valence-corrected chi connectivity index (χ4v) is 0.400. The normalized spacial score (nSPS) is 12.7. The Hall–Kier alpha value is 0.220. The van der Waals surface area contributed by atoms with Gasteiger partial charge in [0, 0.05) is 0 Å². The van der Waals surface area contributed by atoms with Gasteiger partial charge in [0.2, 0.25) is 0 Å². The molecule has 8 heteroatoms. The van der Waals surface area contributed by atoms with Crippen molar-refractivity contribution in [2.75, 3.05) is 28.2 Å². The Kier molecular flexibility index (Phi) is 7.07. The predicted octanol–water partition coefficient (Wildman–Crippen LogP) is 0.00560. The quantitative estimate of drug-likeness (QED) is 0.406. The molecule has 0 spiro atoms. The summed E-state index contributed by atoms with van der Waals surface area (Å²) in [6.07, 6.45) is 0. The van der Waals surface area contributed by atoms with E-state index in [-0.39, 0.29) is 5.40 Å². The van der Waals surface area contributed by atoms with Crippen LogP contribution >= 0.6 is 9.24 Å². The highest BCUT2D eigenvalue weighted by atomic mass is 32.3. The largest absolute Gasteiger partial charge is 0.394 e. The van der Waals surface area contributed by atoms with Crippen molar-refractivity contribution >= 4 is 19.6 Å². The molecule has 0 amide bonds. The van der Waals surface area contributed by atoms with E-state index in [2.05, 4.69) is 54.2 Å². The lowest BCUT2D eigenvalue weighted by atomic mass is 10.4. The van der Waals surface area contributed by atoms with Crippen molar-refractivity contribution in [3.63, 3.8) is 0 Å². The van der Waals surface area contributed by atoms with Gasteiger partial charge in [0.25, 0.3) is 0 Å². The lowest BCUT2D eigenvalue weighted by Gasteiger charge is -2.38. The van der Waals surface area contributed by atoms with Crippen molar-refractivity contribution in [3.8, 4) is 0 Å². The first-order chi connectivity index (χ1) is 5.89. The molecule has 0 heterocycles. The zero-order valence-electron chi connectivity index (χ0n) is 9.09. The lowest BCUT2D eigenvalue weighted by molar-refractivity contribution is 0.111. The molecule has 1 atom stereocenters. The molecule has 1 unspecified atom stereocenters. The number of hydrogen-bond donors (Lipinski definition) is 2. The van der Waals surface area contributed by atoms with Gasteiger partial charge in [-0.3, -0.25) is 18.9 Å². The van der Waals surface area contributed by atoms with Crippen LogP contribution in [0.2, 0.25) is 0 Å². The van der Waals surface area contributed by atoms with Crippen LogP contribution < -0.4 is 0 Å². The Balaban J connectivity index is 0. The zero-order valence-corrected chi connectivity index (χ0v) is 11.1. The molecule has 0 aromatic carbocycles. The van der Waals surface area contributed by atoms with Gasteiger partial charge in [-0.05, 0) is 35.1 Å². The SMILES string of the molecule is CN(C)C(C)(P)N(C)C.O=S(=O)(O)O. The van der Waals surface area contributed by atoms with Gasteiger partial charge in [-0.25, -0.2) is 0 Å². The van der Waals surface area contributed by atoms with Crippen LogP contribution in [0.25, 0.3) is 0 Å². The fraction of sp³-hybridized carbons (Fsp3) is 1.00. The van der Waals surface area contributed by atoms with Gasteiger partial charge in [0.15, 0.2) is 0 Å². The molecule has 0 rings (SSSR count). The van der Waals surface area contributed by atoms with Crippen LogP contribution in [-0.2, 0) is 10.4 Å². The topological polar surface area (TPSA) is 81.1 Å². The maximum absolute atomic E-state index is 8.74. The molecule has 0 saturated carbocycles. The highest BCUT2D eigenvalue weighted by Gasteiger charge is 2.22. The van der Waals surface area contributed by atoms with Crippen molar-refractivity contribution in [3.05, 3.63) is 0 Å². The Morgan fingerprint density at radius 1 is 1.07 bits per heavy atom. The zero-order chi connectivity index (χ0) is 12.2. The monoisotopic (exact) mass is 246 g/mol. The molecular weight excluding hydrogens is 227 g/mol. The summed E-state index contributed by atoms with van der Waals surface area (Å²) in [7, 11) is 6.38. The maximum atomic E-state index is 8.74. The maximum Gasteiger partial charge on any atom is 0.394 e. The summed E-state index contributed by atoms with van der Waals surface area (Å²) in [5.41, 5.74) is 0. The summed E-state index contributed by atoms with van der Waals surface area (Å²) in [6.45, 7) is 2.15. The Labute approximate surface area is 88.1 Å². The van der Waals surface area contributed by atoms with E-state index in [0.29, 0.717) is 0 Å². The second kappa shape index (κ2) is 5.95. The third-order valence-electron chi connectivity index (χ3n) is 1.81. The van der Waals surface area contributed by atoms with E-state index in [4.69, 9.17) is 17.5 Å². The van der Waals surface area contributed by atoms with Crippen LogP contribution in [0.4, 0.5) is 0 Å². The molecule has 0 aromatic heterocycles. The molecule has 6 nitrogen and oxygen atoms in total. The molecule has 0 aliphatic rings. The van der Waals surface area contributed by atoms with Crippen LogP contribution in [-0.4, -0.2) is 60.9 Å². The average molecular weight is 246 g/mol. The summed E-state index contributed by atoms with van der Waals surface area (Å²) in [5.74, 6) is 0. The van der Waals surface area contributed by atoms with Gasteiger partial charge in [-0.1, -0.05) is 9.24 Å². The van der Waals surface area contributed by atoms with Crippen molar-refractivity contribution in [2.45, 2.75) is 12.3 Å². The van der Waals surface area contributed by atoms with E-state index in [1.165, 1.54) is 0 Å².